The molecule has 15 heteroatoms. The number of nitrogens with one attached hydrogen (secondary N) is 1. The predicted molar refractivity (Wildman–Crippen MR) is 118 cm³/mol. The predicted octanol–water partition coefficient (Wildman–Crippen LogP) is 4.12. The molecule has 4 heterocycles. The highest BCUT2D eigenvalue weighted by atomic mass is 32.1. The van der Waals surface area contributed by atoms with Gasteiger partial charge >= 0.3 is 11.9 Å². The molecule has 0 saturated heterocycles. The van der Waals surface area contributed by atoms with E-state index in [-0.39, 0.29) is 56.5 Å². The van der Waals surface area contributed by atoms with Crippen molar-refractivity contribution in [2.75, 3.05) is 5.32 Å². The van der Waals surface area contributed by atoms with Crippen LogP contribution < -0.4 is 11.1 Å². The number of hydrogen-bond acceptors (Lipinski definition) is 8. The number of thiophene rings is 1. The molecule has 3 N–H and O–H groups in total. The number of nitro groups is 1. The second-order valence-corrected chi connectivity index (χ2v) is 8.27. The Labute approximate surface area is 197 Å². The second-order valence-electron chi connectivity index (χ2n) is 7.27. The third-order valence-corrected chi connectivity index (χ3v) is 6.15. The number of aryl methyl sites for hydroxylation is 1. The highest BCUT2D eigenvalue weighted by Gasteiger charge is 2.35. The lowest BCUT2D eigenvalue weighted by atomic mass is 10.1. The number of nitrogens with two attached hydrogens (primary N) is 1. The van der Waals surface area contributed by atoms with Gasteiger partial charge < -0.3 is 15.5 Å². The van der Waals surface area contributed by atoms with Crippen LogP contribution in [0.3, 0.4) is 0 Å². The largest absolute Gasteiger partial charge is 0.464 e. The molecular weight excluding hydrogens is 493 g/mol. The molecule has 4 aromatic rings. The Morgan fingerprint density at radius 1 is 1.37 bits per heavy atom. The first-order valence-electron chi connectivity index (χ1n) is 9.82. The van der Waals surface area contributed by atoms with Gasteiger partial charge in [-0.1, -0.05) is 0 Å². The maximum atomic E-state index is 13.5. The molecule has 0 spiro atoms. The van der Waals surface area contributed by atoms with Gasteiger partial charge in [0.25, 0.3) is 5.91 Å². The highest BCUT2D eigenvalue weighted by Crippen LogP contribution is 2.43. The number of carbonyl (C=O) groups excluding carboxylic acids is 2. The van der Waals surface area contributed by atoms with Crippen molar-refractivity contribution in [1.82, 2.24) is 14.8 Å². The first-order chi connectivity index (χ1) is 16.5. The Balaban J connectivity index is 1.73. The number of amides is 2. The second kappa shape index (κ2) is 8.83. The zero-order valence-electron chi connectivity index (χ0n) is 17.8. The molecule has 0 radical (unpaired) electrons. The lowest BCUT2D eigenvalue weighted by Crippen LogP contribution is -2.18. The standard InChI is InChI=1S/C20H15F3N6O5S/c1-9-11(29(32)33)8-25-28(9)5-4-14(30)27-16-15-10(12-3-2-6-34-12)7-13(20(21,22)23)26-19(15)35-17(16)18(24)31/h2-3,6-8H,4-5H2,1H3,(H2,24,31)(H,27,30). The number of carbonyl (C=O) groups is 2. The Kier molecular flexibility index (Phi) is 6.02. The highest BCUT2D eigenvalue weighted by molar-refractivity contribution is 7.21. The fourth-order valence-corrected chi connectivity index (χ4v) is 4.42. The molecule has 0 bridgehead atoms. The van der Waals surface area contributed by atoms with Gasteiger partial charge in [0.2, 0.25) is 5.91 Å². The molecular formula is C20H15F3N6O5S. The smallest absolute Gasteiger partial charge is 0.433 e. The molecule has 11 nitrogen and oxygen atoms in total. The summed E-state index contributed by atoms with van der Waals surface area (Å²) in [5.41, 5.74) is 4.12. The van der Waals surface area contributed by atoms with Crippen LogP contribution in [0.1, 0.15) is 27.5 Å². The normalized spacial score (nSPS) is 11.7. The van der Waals surface area contributed by atoms with Crippen LogP contribution in [0.5, 0.6) is 0 Å². The number of halogens is 3. The molecule has 0 fully saturated rings. The lowest BCUT2D eigenvalue weighted by Gasteiger charge is -2.11. The Morgan fingerprint density at radius 3 is 2.69 bits per heavy atom. The minimum atomic E-state index is -4.78. The SMILES string of the molecule is Cc1c([N+](=O)[O-])cnn1CCC(=O)Nc1c(C(N)=O)sc2nc(C(F)(F)F)cc(-c3ccco3)c12. The van der Waals surface area contributed by atoms with Crippen molar-refractivity contribution in [3.63, 3.8) is 0 Å². The fraction of sp³-hybridized carbons (Fsp3) is 0.200. The van der Waals surface area contributed by atoms with E-state index in [1.807, 2.05) is 0 Å². The van der Waals surface area contributed by atoms with E-state index in [4.69, 9.17) is 10.2 Å². The van der Waals surface area contributed by atoms with Crippen molar-refractivity contribution in [2.45, 2.75) is 26.1 Å². The van der Waals surface area contributed by atoms with Crippen LogP contribution in [0.2, 0.25) is 0 Å². The Bertz CT molecular complexity index is 1460. The van der Waals surface area contributed by atoms with Gasteiger partial charge in [-0.25, -0.2) is 4.98 Å². The van der Waals surface area contributed by atoms with Gasteiger partial charge in [0.1, 0.15) is 33.1 Å². The number of rotatable bonds is 7. The molecule has 2 amide bonds. The molecule has 4 aromatic heterocycles. The number of alkyl halides is 3. The average molecular weight is 508 g/mol. The molecule has 4 rings (SSSR count). The Hall–Kier alpha value is -4.27. The van der Waals surface area contributed by atoms with Gasteiger partial charge in [-0.15, -0.1) is 11.3 Å². The van der Waals surface area contributed by atoms with E-state index in [1.54, 1.807) is 0 Å². The summed E-state index contributed by atoms with van der Waals surface area (Å²) >= 11 is 0.605. The maximum Gasteiger partial charge on any atom is 0.433 e. The maximum absolute atomic E-state index is 13.5. The van der Waals surface area contributed by atoms with E-state index < -0.39 is 28.6 Å². The summed E-state index contributed by atoms with van der Waals surface area (Å²) in [4.78, 5) is 38.4. The molecule has 0 aliphatic rings. The van der Waals surface area contributed by atoms with Crippen molar-refractivity contribution in [3.05, 3.63) is 57.0 Å². The minimum absolute atomic E-state index is 0.0268. The number of hydrogen-bond donors (Lipinski definition) is 2. The molecule has 35 heavy (non-hydrogen) atoms. The van der Waals surface area contributed by atoms with Crippen molar-refractivity contribution in [2.24, 2.45) is 5.73 Å². The van der Waals surface area contributed by atoms with Crippen molar-refractivity contribution in [3.8, 4) is 11.3 Å². The number of aromatic nitrogens is 3. The van der Waals surface area contributed by atoms with Gasteiger partial charge in [-0.3, -0.25) is 24.4 Å². The number of pyridine rings is 1. The number of nitrogens with zero attached hydrogens (tertiary/aromatic N) is 4. The molecule has 0 aromatic carbocycles. The van der Waals surface area contributed by atoms with Gasteiger partial charge in [0.15, 0.2) is 0 Å². The number of furan rings is 1. The van der Waals surface area contributed by atoms with Crippen LogP contribution in [-0.4, -0.2) is 31.5 Å². The fourth-order valence-electron chi connectivity index (χ4n) is 3.41. The first-order valence-corrected chi connectivity index (χ1v) is 10.6. The molecule has 182 valence electrons. The number of primary amides is 1. The average Bonchev–Trinajstić information content (AvgIpc) is 3.50. The summed E-state index contributed by atoms with van der Waals surface area (Å²) in [6.07, 6.45) is -2.66. The number of fused-ring (bicyclic) bond motifs is 1. The quantitative estimate of drug-likeness (QED) is 0.281. The first kappa shape index (κ1) is 23.9. The van der Waals surface area contributed by atoms with Crippen molar-refractivity contribution >= 4 is 44.7 Å². The lowest BCUT2D eigenvalue weighted by molar-refractivity contribution is -0.385. The van der Waals surface area contributed by atoms with Crippen LogP contribution in [0.15, 0.2) is 35.1 Å². The van der Waals surface area contributed by atoms with Crippen LogP contribution in [0.25, 0.3) is 21.5 Å². The molecule has 0 atom stereocenters. The van der Waals surface area contributed by atoms with Crippen LogP contribution in [0.4, 0.5) is 24.5 Å². The van der Waals surface area contributed by atoms with E-state index in [2.05, 4.69) is 15.4 Å². The topological polar surface area (TPSA) is 159 Å². The van der Waals surface area contributed by atoms with E-state index in [9.17, 15) is 32.9 Å². The van der Waals surface area contributed by atoms with E-state index >= 15 is 0 Å². The van der Waals surface area contributed by atoms with Gasteiger partial charge in [-0.05, 0) is 25.1 Å². The third kappa shape index (κ3) is 4.57. The van der Waals surface area contributed by atoms with Crippen LogP contribution in [0, 0.1) is 17.0 Å². The molecule has 0 aliphatic carbocycles. The van der Waals surface area contributed by atoms with E-state index in [0.717, 1.165) is 12.3 Å². The van der Waals surface area contributed by atoms with Gasteiger partial charge in [-0.2, -0.15) is 18.3 Å². The summed E-state index contributed by atoms with van der Waals surface area (Å²) in [5.74, 6) is -1.54. The monoisotopic (exact) mass is 508 g/mol. The van der Waals surface area contributed by atoms with Crippen molar-refractivity contribution < 1.29 is 32.1 Å². The summed E-state index contributed by atoms with van der Waals surface area (Å²) in [7, 11) is 0. The number of anilines is 1. The summed E-state index contributed by atoms with van der Waals surface area (Å²) in [6, 6.07) is 3.66. The van der Waals surface area contributed by atoms with Crippen LogP contribution >= 0.6 is 11.3 Å². The van der Waals surface area contributed by atoms with Crippen LogP contribution in [-0.2, 0) is 17.5 Å². The van der Waals surface area contributed by atoms with E-state index in [1.165, 1.54) is 30.0 Å². The van der Waals surface area contributed by atoms with Crippen molar-refractivity contribution in [1.29, 1.82) is 0 Å². The summed E-state index contributed by atoms with van der Waals surface area (Å²) < 4.78 is 46.9. The minimum Gasteiger partial charge on any atom is -0.464 e. The summed E-state index contributed by atoms with van der Waals surface area (Å²) in [6.45, 7) is 1.45. The molecule has 0 unspecified atom stereocenters. The zero-order valence-corrected chi connectivity index (χ0v) is 18.6. The Morgan fingerprint density at radius 2 is 2.11 bits per heavy atom. The third-order valence-electron chi connectivity index (χ3n) is 5.05. The molecule has 0 saturated carbocycles. The molecule has 0 aliphatic heterocycles. The zero-order chi connectivity index (χ0) is 25.5. The van der Waals surface area contributed by atoms with Gasteiger partial charge in [0, 0.05) is 17.4 Å². The van der Waals surface area contributed by atoms with Gasteiger partial charge in [0.05, 0.1) is 23.4 Å². The van der Waals surface area contributed by atoms with E-state index in [0.29, 0.717) is 11.3 Å². The summed E-state index contributed by atoms with van der Waals surface area (Å²) in [5, 5.41) is 17.4.